The second-order valence-electron chi connectivity index (χ2n) is 6.71. The van der Waals surface area contributed by atoms with Gasteiger partial charge in [0.1, 0.15) is 5.69 Å². The Labute approximate surface area is 163 Å². The maximum atomic E-state index is 13.2. The molecule has 1 unspecified atom stereocenters. The van der Waals surface area contributed by atoms with Crippen LogP contribution in [0.2, 0.25) is 5.02 Å². The first-order valence-corrected chi connectivity index (χ1v) is 9.44. The molecular formula is C19H24ClN5O2. The predicted octanol–water partition coefficient (Wildman–Crippen LogP) is 1.67. The topological polar surface area (TPSA) is 93.2 Å². The van der Waals surface area contributed by atoms with Gasteiger partial charge in [-0.1, -0.05) is 29.8 Å². The average molecular weight is 390 g/mol. The van der Waals surface area contributed by atoms with E-state index in [4.69, 9.17) is 17.3 Å². The lowest BCUT2D eigenvalue weighted by atomic mass is 9.96. The first-order chi connectivity index (χ1) is 13.0. The van der Waals surface area contributed by atoms with E-state index >= 15 is 0 Å². The zero-order valence-electron chi connectivity index (χ0n) is 15.3. The Hall–Kier alpha value is -2.38. The summed E-state index contributed by atoms with van der Waals surface area (Å²) < 4.78 is 1.61. The third-order valence-electron chi connectivity index (χ3n) is 4.71. The molecule has 1 fully saturated rings. The van der Waals surface area contributed by atoms with Gasteiger partial charge in [-0.15, -0.1) is 0 Å². The molecule has 144 valence electrons. The molecule has 7 nitrogen and oxygen atoms in total. The molecule has 3 N–H and O–H groups in total. The number of aryl methyl sites for hydroxylation is 1. The van der Waals surface area contributed by atoms with Crippen molar-refractivity contribution >= 4 is 23.4 Å². The van der Waals surface area contributed by atoms with Gasteiger partial charge in [-0.25, -0.2) is 0 Å². The number of piperidine rings is 1. The van der Waals surface area contributed by atoms with Crippen molar-refractivity contribution in [3.63, 3.8) is 0 Å². The van der Waals surface area contributed by atoms with Crippen LogP contribution >= 0.6 is 11.6 Å². The van der Waals surface area contributed by atoms with Gasteiger partial charge < -0.3 is 16.0 Å². The van der Waals surface area contributed by atoms with E-state index in [0.717, 1.165) is 18.4 Å². The van der Waals surface area contributed by atoms with Crippen LogP contribution in [0.15, 0.2) is 30.5 Å². The molecule has 0 bridgehead atoms. The van der Waals surface area contributed by atoms with Crippen LogP contribution in [0.25, 0.3) is 11.3 Å². The van der Waals surface area contributed by atoms with Crippen molar-refractivity contribution in [2.45, 2.75) is 12.8 Å². The van der Waals surface area contributed by atoms with Crippen molar-refractivity contribution in [2.75, 3.05) is 26.2 Å². The van der Waals surface area contributed by atoms with Gasteiger partial charge in [-0.2, -0.15) is 5.10 Å². The zero-order chi connectivity index (χ0) is 19.4. The summed E-state index contributed by atoms with van der Waals surface area (Å²) >= 11 is 6.31. The van der Waals surface area contributed by atoms with Gasteiger partial charge in [0.05, 0.1) is 16.5 Å². The lowest BCUT2D eigenvalue weighted by molar-refractivity contribution is -0.126. The summed E-state index contributed by atoms with van der Waals surface area (Å²) in [4.78, 5) is 27.2. The number of carbonyl (C=O) groups excluding carboxylic acids is 2. The number of benzene rings is 1. The Bertz CT molecular complexity index is 835. The van der Waals surface area contributed by atoms with Crippen molar-refractivity contribution < 1.29 is 9.59 Å². The van der Waals surface area contributed by atoms with Crippen molar-refractivity contribution in [2.24, 2.45) is 18.7 Å². The van der Waals surface area contributed by atoms with Gasteiger partial charge in [0, 0.05) is 45.0 Å². The summed E-state index contributed by atoms with van der Waals surface area (Å²) in [7, 11) is 1.77. The minimum absolute atomic E-state index is 0.0459. The van der Waals surface area contributed by atoms with E-state index in [1.165, 1.54) is 0 Å². The lowest BCUT2D eigenvalue weighted by Gasteiger charge is -2.32. The maximum absolute atomic E-state index is 13.2. The van der Waals surface area contributed by atoms with Gasteiger partial charge in [0.2, 0.25) is 5.91 Å². The molecule has 8 heteroatoms. The number of nitrogens with one attached hydrogen (secondary N) is 1. The maximum Gasteiger partial charge on any atom is 0.257 e. The summed E-state index contributed by atoms with van der Waals surface area (Å²) in [5.41, 5.74) is 7.22. The normalized spacial score (nSPS) is 17.0. The van der Waals surface area contributed by atoms with Gasteiger partial charge in [-0.05, 0) is 18.9 Å². The fourth-order valence-corrected chi connectivity index (χ4v) is 3.61. The second-order valence-corrected chi connectivity index (χ2v) is 7.12. The first-order valence-electron chi connectivity index (χ1n) is 9.07. The molecule has 0 aliphatic carbocycles. The largest absolute Gasteiger partial charge is 0.355 e. The second kappa shape index (κ2) is 8.54. The zero-order valence-corrected chi connectivity index (χ0v) is 16.1. The van der Waals surface area contributed by atoms with Crippen LogP contribution in [0.3, 0.4) is 0 Å². The number of hydrogen-bond acceptors (Lipinski definition) is 4. The Morgan fingerprint density at radius 2 is 2.15 bits per heavy atom. The third-order valence-corrected chi connectivity index (χ3v) is 5.04. The minimum Gasteiger partial charge on any atom is -0.355 e. The van der Waals surface area contributed by atoms with E-state index < -0.39 is 0 Å². The molecule has 3 rings (SSSR count). The quantitative estimate of drug-likeness (QED) is 0.813. The van der Waals surface area contributed by atoms with Gasteiger partial charge in [0.25, 0.3) is 5.91 Å². The van der Waals surface area contributed by atoms with Crippen molar-refractivity contribution in [3.05, 3.63) is 41.0 Å². The van der Waals surface area contributed by atoms with Crippen LogP contribution in [0.4, 0.5) is 0 Å². The van der Waals surface area contributed by atoms with E-state index in [1.807, 2.05) is 18.2 Å². The summed E-state index contributed by atoms with van der Waals surface area (Å²) in [6.07, 6.45) is 3.26. The highest BCUT2D eigenvalue weighted by atomic mass is 35.5. The molecule has 1 aromatic heterocycles. The summed E-state index contributed by atoms with van der Waals surface area (Å²) in [5.74, 6) is -0.389. The van der Waals surface area contributed by atoms with Gasteiger partial charge >= 0.3 is 0 Å². The number of halogens is 1. The number of likely N-dealkylation sites (tertiary alicyclic amines) is 1. The Morgan fingerprint density at radius 3 is 2.89 bits per heavy atom. The third kappa shape index (κ3) is 4.31. The van der Waals surface area contributed by atoms with Crippen LogP contribution in [0.5, 0.6) is 0 Å². The summed E-state index contributed by atoms with van der Waals surface area (Å²) in [5, 5.41) is 7.80. The molecule has 1 aliphatic heterocycles. The standard InChI is InChI=1S/C19H24ClN5O2/c1-24-12-15(17(23-24)14-6-2-3-7-16(14)20)19(27)25-10-4-5-13(11-25)18(26)22-9-8-21/h2-3,6-7,12-13H,4-5,8-11,21H2,1H3,(H,22,26). The number of hydrogen-bond donors (Lipinski definition) is 2. The number of amides is 2. The highest BCUT2D eigenvalue weighted by Crippen LogP contribution is 2.30. The molecule has 0 saturated carbocycles. The minimum atomic E-state index is -0.213. The van der Waals surface area contributed by atoms with Crippen molar-refractivity contribution in [1.29, 1.82) is 0 Å². The highest BCUT2D eigenvalue weighted by Gasteiger charge is 2.31. The van der Waals surface area contributed by atoms with Gasteiger partial charge in [0.15, 0.2) is 0 Å². The van der Waals surface area contributed by atoms with Crippen LogP contribution < -0.4 is 11.1 Å². The molecule has 0 radical (unpaired) electrons. The predicted molar refractivity (Wildman–Crippen MR) is 104 cm³/mol. The summed E-state index contributed by atoms with van der Waals surface area (Å²) in [6, 6.07) is 7.33. The molecule has 27 heavy (non-hydrogen) atoms. The molecule has 1 aromatic carbocycles. The number of aromatic nitrogens is 2. The fraction of sp³-hybridized carbons (Fsp3) is 0.421. The molecule has 1 saturated heterocycles. The van der Waals surface area contributed by atoms with E-state index in [0.29, 0.717) is 42.5 Å². The van der Waals surface area contributed by atoms with Crippen molar-refractivity contribution in [1.82, 2.24) is 20.0 Å². The average Bonchev–Trinajstić information content (AvgIpc) is 3.07. The van der Waals surface area contributed by atoms with Crippen LogP contribution in [0, 0.1) is 5.92 Å². The molecule has 1 aliphatic rings. The monoisotopic (exact) mass is 389 g/mol. The van der Waals surface area contributed by atoms with Crippen molar-refractivity contribution in [3.8, 4) is 11.3 Å². The lowest BCUT2D eigenvalue weighted by Crippen LogP contribution is -2.46. The molecule has 2 heterocycles. The van der Waals surface area contributed by atoms with Gasteiger partial charge in [-0.3, -0.25) is 14.3 Å². The van der Waals surface area contributed by atoms with E-state index in [2.05, 4.69) is 10.4 Å². The number of carbonyl (C=O) groups is 2. The fourth-order valence-electron chi connectivity index (χ4n) is 3.38. The van der Waals surface area contributed by atoms with E-state index in [1.54, 1.807) is 28.9 Å². The molecule has 2 aromatic rings. The SMILES string of the molecule is Cn1cc(C(=O)N2CCCC(C(=O)NCCN)C2)c(-c2ccccc2Cl)n1. The number of nitrogens with zero attached hydrogens (tertiary/aromatic N) is 3. The Balaban J connectivity index is 1.82. The highest BCUT2D eigenvalue weighted by molar-refractivity contribution is 6.33. The van der Waals surface area contributed by atoms with Crippen LogP contribution in [0.1, 0.15) is 23.2 Å². The number of rotatable bonds is 5. The molecular weight excluding hydrogens is 366 g/mol. The smallest absolute Gasteiger partial charge is 0.257 e. The molecule has 1 atom stereocenters. The molecule has 0 spiro atoms. The summed E-state index contributed by atoms with van der Waals surface area (Å²) in [6.45, 7) is 1.86. The Morgan fingerprint density at radius 1 is 1.37 bits per heavy atom. The first kappa shape index (κ1) is 19.4. The number of nitrogens with two attached hydrogens (primary N) is 1. The van der Waals surface area contributed by atoms with E-state index in [-0.39, 0.29) is 17.7 Å². The van der Waals surface area contributed by atoms with Crippen LogP contribution in [-0.4, -0.2) is 52.7 Å². The van der Waals surface area contributed by atoms with Crippen LogP contribution in [-0.2, 0) is 11.8 Å². The Kier molecular flexibility index (Phi) is 6.13. The molecule has 2 amide bonds. The van der Waals surface area contributed by atoms with E-state index in [9.17, 15) is 9.59 Å².